The predicted octanol–water partition coefficient (Wildman–Crippen LogP) is 1.19. The van der Waals surface area contributed by atoms with Gasteiger partial charge in [-0.25, -0.2) is 0 Å². The lowest BCUT2D eigenvalue weighted by atomic mass is 9.96. The van der Waals surface area contributed by atoms with E-state index in [1.54, 1.807) is 4.90 Å². The summed E-state index contributed by atoms with van der Waals surface area (Å²) in [6, 6.07) is 9.64. The molecule has 0 spiro atoms. The Hall–Kier alpha value is -1.88. The van der Waals surface area contributed by atoms with Crippen molar-refractivity contribution in [2.24, 2.45) is 17.4 Å². The highest BCUT2D eigenvalue weighted by Crippen LogP contribution is 2.19. The topological polar surface area (TPSA) is 89.4 Å². The number of piperidine rings is 1. The second-order valence-electron chi connectivity index (χ2n) is 5.64. The highest BCUT2D eigenvalue weighted by molar-refractivity contribution is 5.80. The molecule has 4 N–H and O–H groups in total. The molecule has 1 fully saturated rings. The minimum absolute atomic E-state index is 0.0623. The number of carbonyl (C=O) groups excluding carboxylic acids is 2. The number of likely N-dealkylation sites (tertiary alicyclic amines) is 1. The number of rotatable bonds is 5. The molecule has 1 heterocycles. The van der Waals surface area contributed by atoms with Gasteiger partial charge in [-0.2, -0.15) is 0 Å². The first kappa shape index (κ1) is 15.5. The smallest absolute Gasteiger partial charge is 0.222 e. The fraction of sp³-hybridized carbons (Fsp3) is 0.500. The van der Waals surface area contributed by atoms with E-state index in [1.807, 2.05) is 30.3 Å². The molecule has 0 aromatic heterocycles. The maximum atomic E-state index is 12.2. The molecule has 0 radical (unpaired) electrons. The molecule has 2 amide bonds. The van der Waals surface area contributed by atoms with Crippen LogP contribution in [0.1, 0.15) is 37.3 Å². The second kappa shape index (κ2) is 7.22. The van der Waals surface area contributed by atoms with E-state index in [-0.39, 0.29) is 23.8 Å². The summed E-state index contributed by atoms with van der Waals surface area (Å²) in [5.74, 6) is -0.452. The first-order valence-electron chi connectivity index (χ1n) is 7.45. The lowest BCUT2D eigenvalue weighted by Gasteiger charge is -2.31. The zero-order valence-electron chi connectivity index (χ0n) is 12.2. The molecule has 2 unspecified atom stereocenters. The number of hydrogen-bond donors (Lipinski definition) is 2. The Kier molecular flexibility index (Phi) is 5.33. The monoisotopic (exact) mass is 289 g/mol. The van der Waals surface area contributed by atoms with E-state index in [2.05, 4.69) is 0 Å². The molecule has 1 aromatic rings. The average molecular weight is 289 g/mol. The number of amides is 2. The van der Waals surface area contributed by atoms with E-state index in [0.29, 0.717) is 25.9 Å². The molecular formula is C16H23N3O2. The number of primary amides is 1. The molecule has 0 aliphatic carbocycles. The number of nitrogens with zero attached hydrogens (tertiary/aromatic N) is 1. The van der Waals surface area contributed by atoms with Gasteiger partial charge in [-0.3, -0.25) is 9.59 Å². The van der Waals surface area contributed by atoms with Crippen LogP contribution in [-0.4, -0.2) is 29.8 Å². The molecule has 114 valence electrons. The van der Waals surface area contributed by atoms with Crippen molar-refractivity contribution in [3.8, 4) is 0 Å². The van der Waals surface area contributed by atoms with Gasteiger partial charge in [-0.1, -0.05) is 30.3 Å². The van der Waals surface area contributed by atoms with E-state index < -0.39 is 0 Å². The summed E-state index contributed by atoms with van der Waals surface area (Å²) in [5.41, 5.74) is 12.5. The Labute approximate surface area is 125 Å². The molecular weight excluding hydrogens is 266 g/mol. The van der Waals surface area contributed by atoms with Gasteiger partial charge < -0.3 is 16.4 Å². The standard InChI is InChI=1S/C16H23N3O2/c17-14(12-5-2-1-3-6-12)8-9-15(20)19-10-4-7-13(11-19)16(18)21/h1-3,5-6,13-14H,4,7-11,17H2,(H2,18,21). The van der Waals surface area contributed by atoms with Crippen LogP contribution in [0.2, 0.25) is 0 Å². The predicted molar refractivity (Wildman–Crippen MR) is 81.1 cm³/mol. The van der Waals surface area contributed by atoms with Gasteiger partial charge in [0.25, 0.3) is 0 Å². The molecule has 21 heavy (non-hydrogen) atoms. The molecule has 0 bridgehead atoms. The lowest BCUT2D eigenvalue weighted by Crippen LogP contribution is -2.44. The van der Waals surface area contributed by atoms with Gasteiger partial charge in [0.2, 0.25) is 11.8 Å². The fourth-order valence-electron chi connectivity index (χ4n) is 2.74. The highest BCUT2D eigenvalue weighted by atomic mass is 16.2. The summed E-state index contributed by atoms with van der Waals surface area (Å²) in [6.45, 7) is 1.16. The quantitative estimate of drug-likeness (QED) is 0.853. The molecule has 1 aromatic carbocycles. The van der Waals surface area contributed by atoms with Crippen molar-refractivity contribution in [2.45, 2.75) is 31.7 Å². The van der Waals surface area contributed by atoms with Crippen molar-refractivity contribution in [3.63, 3.8) is 0 Å². The van der Waals surface area contributed by atoms with Crippen LogP contribution in [0, 0.1) is 5.92 Å². The van der Waals surface area contributed by atoms with Gasteiger partial charge in [-0.05, 0) is 24.8 Å². The zero-order chi connectivity index (χ0) is 15.2. The maximum Gasteiger partial charge on any atom is 0.222 e. The third kappa shape index (κ3) is 4.29. The Morgan fingerprint density at radius 3 is 2.67 bits per heavy atom. The lowest BCUT2D eigenvalue weighted by molar-refractivity contribution is -0.135. The zero-order valence-corrected chi connectivity index (χ0v) is 12.2. The SMILES string of the molecule is NC(=O)C1CCCN(C(=O)CCC(N)c2ccccc2)C1. The van der Waals surface area contributed by atoms with Crippen molar-refractivity contribution in [1.29, 1.82) is 0 Å². The largest absolute Gasteiger partial charge is 0.369 e. The Balaban J connectivity index is 1.83. The summed E-state index contributed by atoms with van der Waals surface area (Å²) in [6.07, 6.45) is 2.63. The van der Waals surface area contributed by atoms with Gasteiger partial charge in [0.1, 0.15) is 0 Å². The average Bonchev–Trinajstić information content (AvgIpc) is 2.53. The number of carbonyl (C=O) groups is 2. The molecule has 1 saturated heterocycles. The minimum atomic E-state index is -0.312. The van der Waals surface area contributed by atoms with E-state index in [4.69, 9.17) is 11.5 Å². The summed E-state index contributed by atoms with van der Waals surface area (Å²) < 4.78 is 0. The van der Waals surface area contributed by atoms with Crippen LogP contribution in [0.3, 0.4) is 0 Å². The second-order valence-corrected chi connectivity index (χ2v) is 5.64. The van der Waals surface area contributed by atoms with Crippen LogP contribution in [0.15, 0.2) is 30.3 Å². The fourth-order valence-corrected chi connectivity index (χ4v) is 2.74. The number of nitrogens with two attached hydrogens (primary N) is 2. The van der Waals surface area contributed by atoms with Crippen LogP contribution in [-0.2, 0) is 9.59 Å². The van der Waals surface area contributed by atoms with Gasteiger partial charge in [0.15, 0.2) is 0 Å². The third-order valence-electron chi connectivity index (χ3n) is 4.07. The molecule has 2 rings (SSSR count). The van der Waals surface area contributed by atoms with Crippen LogP contribution in [0.25, 0.3) is 0 Å². The third-order valence-corrected chi connectivity index (χ3v) is 4.07. The Morgan fingerprint density at radius 1 is 1.29 bits per heavy atom. The summed E-state index contributed by atoms with van der Waals surface area (Å²) >= 11 is 0. The van der Waals surface area contributed by atoms with Crippen molar-refractivity contribution < 1.29 is 9.59 Å². The van der Waals surface area contributed by atoms with E-state index in [1.165, 1.54) is 0 Å². The Morgan fingerprint density at radius 2 is 2.00 bits per heavy atom. The molecule has 0 saturated carbocycles. The molecule has 5 heteroatoms. The summed E-state index contributed by atoms with van der Waals surface area (Å²) in [5, 5.41) is 0. The van der Waals surface area contributed by atoms with E-state index in [9.17, 15) is 9.59 Å². The first-order chi connectivity index (χ1) is 10.1. The van der Waals surface area contributed by atoms with Gasteiger partial charge in [0.05, 0.1) is 5.92 Å². The van der Waals surface area contributed by atoms with Crippen molar-refractivity contribution >= 4 is 11.8 Å². The van der Waals surface area contributed by atoms with Crippen molar-refractivity contribution in [3.05, 3.63) is 35.9 Å². The van der Waals surface area contributed by atoms with Crippen LogP contribution in [0.5, 0.6) is 0 Å². The van der Waals surface area contributed by atoms with Crippen LogP contribution >= 0.6 is 0 Å². The maximum absolute atomic E-state index is 12.2. The van der Waals surface area contributed by atoms with Crippen LogP contribution in [0.4, 0.5) is 0 Å². The molecule has 1 aliphatic rings. The van der Waals surface area contributed by atoms with Crippen molar-refractivity contribution in [2.75, 3.05) is 13.1 Å². The normalized spacial score (nSPS) is 20.0. The first-order valence-corrected chi connectivity index (χ1v) is 7.45. The molecule has 5 nitrogen and oxygen atoms in total. The van der Waals surface area contributed by atoms with E-state index >= 15 is 0 Å². The summed E-state index contributed by atoms with van der Waals surface area (Å²) in [7, 11) is 0. The number of hydrogen-bond acceptors (Lipinski definition) is 3. The van der Waals surface area contributed by atoms with E-state index in [0.717, 1.165) is 18.4 Å². The van der Waals surface area contributed by atoms with Gasteiger partial charge in [-0.15, -0.1) is 0 Å². The Bertz CT molecular complexity index is 490. The summed E-state index contributed by atoms with van der Waals surface area (Å²) in [4.78, 5) is 25.2. The highest BCUT2D eigenvalue weighted by Gasteiger charge is 2.26. The molecule has 2 atom stereocenters. The van der Waals surface area contributed by atoms with Gasteiger partial charge >= 0.3 is 0 Å². The number of benzene rings is 1. The minimum Gasteiger partial charge on any atom is -0.369 e. The van der Waals surface area contributed by atoms with Gasteiger partial charge in [0, 0.05) is 25.6 Å². The van der Waals surface area contributed by atoms with Crippen molar-refractivity contribution in [1.82, 2.24) is 4.90 Å². The van der Waals surface area contributed by atoms with Crippen LogP contribution < -0.4 is 11.5 Å². The molecule has 1 aliphatic heterocycles.